The lowest BCUT2D eigenvalue weighted by molar-refractivity contribution is -0.910. The van der Waals surface area contributed by atoms with E-state index >= 15 is 0 Å². The second-order valence-corrected chi connectivity index (χ2v) is 9.20. The maximum atomic E-state index is 13.6. The van der Waals surface area contributed by atoms with Crippen molar-refractivity contribution in [2.45, 2.75) is 18.9 Å². The Balaban J connectivity index is 1.39. The fourth-order valence-electron chi connectivity index (χ4n) is 5.05. The molecule has 1 spiro atoms. The van der Waals surface area contributed by atoms with Crippen LogP contribution in [0.5, 0.6) is 0 Å². The molecule has 3 heterocycles. The van der Waals surface area contributed by atoms with E-state index in [2.05, 4.69) is 5.32 Å². The van der Waals surface area contributed by atoms with Gasteiger partial charge in [0.15, 0.2) is 0 Å². The van der Waals surface area contributed by atoms with Crippen molar-refractivity contribution in [3.05, 3.63) is 89.2 Å². The fourth-order valence-corrected chi connectivity index (χ4v) is 5.24. The summed E-state index contributed by atoms with van der Waals surface area (Å²) in [5.74, 6) is -1.69. The number of likely N-dealkylation sites (tertiary alicyclic amines) is 1. The molecule has 1 aromatic heterocycles. The number of nitrogens with zero attached hydrogens (tertiary/aromatic N) is 3. The average Bonchev–Trinajstić information content (AvgIpc) is 2.82. The molecule has 3 aromatic rings. The molecule has 5 rings (SSSR count). The number of amides is 3. The van der Waals surface area contributed by atoms with E-state index in [0.29, 0.717) is 29.2 Å². The molecule has 0 bridgehead atoms. The molecule has 0 radical (unpaired) electrons. The van der Waals surface area contributed by atoms with Gasteiger partial charge >= 0.3 is 6.03 Å². The maximum Gasteiger partial charge on any atom is 0.321 e. The number of hydrogen-bond acceptors (Lipinski definition) is 3. The van der Waals surface area contributed by atoms with Gasteiger partial charge in [0.1, 0.15) is 17.7 Å². The molecule has 2 saturated heterocycles. The Morgan fingerprint density at radius 1 is 1.06 bits per heavy atom. The summed E-state index contributed by atoms with van der Waals surface area (Å²) in [6.45, 7) is 0.515. The van der Waals surface area contributed by atoms with Crippen molar-refractivity contribution in [2.75, 3.05) is 23.3 Å². The summed E-state index contributed by atoms with van der Waals surface area (Å²) in [5, 5.41) is 13.5. The van der Waals surface area contributed by atoms with Crippen LogP contribution in [0.25, 0.3) is 0 Å². The zero-order chi connectivity index (χ0) is 24.7. The van der Waals surface area contributed by atoms with E-state index in [1.54, 1.807) is 47.4 Å². The molecule has 2 aromatic carbocycles. The van der Waals surface area contributed by atoms with Gasteiger partial charge in [0.25, 0.3) is 5.69 Å². The van der Waals surface area contributed by atoms with Crippen LogP contribution < -0.4 is 14.9 Å². The van der Waals surface area contributed by atoms with Crippen molar-refractivity contribution >= 4 is 34.9 Å². The van der Waals surface area contributed by atoms with E-state index in [9.17, 15) is 23.6 Å². The Bertz CT molecular complexity index is 1290. The van der Waals surface area contributed by atoms with Crippen LogP contribution >= 0.6 is 11.6 Å². The van der Waals surface area contributed by atoms with E-state index in [1.165, 1.54) is 11.1 Å². The van der Waals surface area contributed by atoms with E-state index in [1.807, 2.05) is 0 Å². The zero-order valence-electron chi connectivity index (χ0n) is 18.5. The van der Waals surface area contributed by atoms with Crippen molar-refractivity contribution in [2.24, 2.45) is 5.41 Å². The molecule has 2 aliphatic heterocycles. The Morgan fingerprint density at radius 2 is 1.77 bits per heavy atom. The predicted octanol–water partition coefficient (Wildman–Crippen LogP) is 4.55. The molecule has 10 heteroatoms. The van der Waals surface area contributed by atoms with Crippen LogP contribution in [0.1, 0.15) is 24.6 Å². The SMILES string of the molecule is O=C(Nc1cc(F)cc(F)c1)N1CCC2(CC1)C(=O)N(c1cccc(Cl)c1)C2c1cccc[n+]1O. The van der Waals surface area contributed by atoms with Crippen LogP contribution in [0.2, 0.25) is 5.02 Å². The normalized spacial score (nSPS) is 18.9. The molecule has 2 N–H and O–H groups in total. The molecular weight excluding hydrogens is 478 g/mol. The number of halogens is 3. The van der Waals surface area contributed by atoms with Crippen LogP contribution in [-0.4, -0.2) is 35.1 Å². The lowest BCUT2D eigenvalue weighted by Crippen LogP contribution is -2.68. The molecule has 2 aliphatic rings. The fraction of sp³-hybridized carbons (Fsp3) is 0.240. The number of piperidine rings is 1. The highest BCUT2D eigenvalue weighted by atomic mass is 35.5. The van der Waals surface area contributed by atoms with Crippen molar-refractivity contribution in [3.63, 3.8) is 0 Å². The van der Waals surface area contributed by atoms with E-state index in [-0.39, 0.29) is 24.7 Å². The first-order valence-electron chi connectivity index (χ1n) is 11.1. The van der Waals surface area contributed by atoms with Gasteiger partial charge in [-0.15, -0.1) is 0 Å². The highest BCUT2D eigenvalue weighted by Crippen LogP contribution is 2.57. The third-order valence-corrected chi connectivity index (χ3v) is 6.95. The number of anilines is 2. The molecular formula is C25H22ClF2N4O3+. The number of benzene rings is 2. The first-order chi connectivity index (χ1) is 16.8. The third-order valence-electron chi connectivity index (χ3n) is 6.72. The van der Waals surface area contributed by atoms with Crippen LogP contribution in [0, 0.1) is 17.0 Å². The van der Waals surface area contributed by atoms with Gasteiger partial charge in [-0.05, 0) is 49.2 Å². The number of β-lactam (4-membered cyclic amide) rings is 1. The predicted molar refractivity (Wildman–Crippen MR) is 124 cm³/mol. The van der Waals surface area contributed by atoms with Gasteiger partial charge in [0.2, 0.25) is 12.1 Å². The summed E-state index contributed by atoms with van der Waals surface area (Å²) >= 11 is 6.17. The number of rotatable bonds is 3. The molecule has 3 amide bonds. The van der Waals surface area contributed by atoms with Gasteiger partial charge in [0.05, 0.1) is 5.41 Å². The third kappa shape index (κ3) is 4.05. The molecule has 35 heavy (non-hydrogen) atoms. The zero-order valence-corrected chi connectivity index (χ0v) is 19.3. The smallest absolute Gasteiger partial charge is 0.321 e. The number of aromatic nitrogens is 1. The highest BCUT2D eigenvalue weighted by Gasteiger charge is 2.65. The van der Waals surface area contributed by atoms with Gasteiger partial charge in [-0.2, -0.15) is 0 Å². The Morgan fingerprint density at radius 3 is 2.43 bits per heavy atom. The topological polar surface area (TPSA) is 76.8 Å². The van der Waals surface area contributed by atoms with Crippen LogP contribution in [-0.2, 0) is 4.79 Å². The molecule has 0 aliphatic carbocycles. The first kappa shape index (κ1) is 23.0. The maximum absolute atomic E-state index is 13.6. The van der Waals surface area contributed by atoms with Crippen molar-refractivity contribution < 1.29 is 28.3 Å². The monoisotopic (exact) mass is 499 g/mol. The summed E-state index contributed by atoms with van der Waals surface area (Å²) in [6, 6.07) is 14.0. The van der Waals surface area contributed by atoms with Crippen LogP contribution in [0.4, 0.5) is 25.0 Å². The number of carbonyl (C=O) groups excluding carboxylic acids is 2. The van der Waals surface area contributed by atoms with Crippen molar-refractivity contribution in [1.82, 2.24) is 4.90 Å². The number of nitrogens with one attached hydrogen (secondary N) is 1. The number of hydrogen-bond donors (Lipinski definition) is 2. The van der Waals surface area contributed by atoms with Gasteiger partial charge in [0, 0.05) is 52.4 Å². The van der Waals surface area contributed by atoms with Crippen molar-refractivity contribution in [1.29, 1.82) is 0 Å². The Kier molecular flexibility index (Phi) is 5.80. The Hall–Kier alpha value is -3.72. The minimum absolute atomic E-state index is 0.0168. The summed E-state index contributed by atoms with van der Waals surface area (Å²) < 4.78 is 28.0. The van der Waals surface area contributed by atoms with Gasteiger partial charge in [-0.25, -0.2) is 13.6 Å². The highest BCUT2D eigenvalue weighted by molar-refractivity contribution is 6.31. The average molecular weight is 500 g/mol. The van der Waals surface area contributed by atoms with E-state index < -0.39 is 29.1 Å². The molecule has 0 saturated carbocycles. The van der Waals surface area contributed by atoms with Crippen LogP contribution in [0.15, 0.2) is 66.9 Å². The second-order valence-electron chi connectivity index (χ2n) is 8.76. The number of pyridine rings is 1. The number of carbonyl (C=O) groups is 2. The Labute approximate surface area is 205 Å². The molecule has 1 unspecified atom stereocenters. The minimum Gasteiger partial charge on any atom is -0.324 e. The minimum atomic E-state index is -0.824. The second kappa shape index (κ2) is 8.81. The molecule has 7 nitrogen and oxygen atoms in total. The molecule has 1 atom stereocenters. The summed E-state index contributed by atoms with van der Waals surface area (Å²) in [4.78, 5) is 29.4. The van der Waals surface area contributed by atoms with E-state index in [4.69, 9.17) is 11.6 Å². The lowest BCUT2D eigenvalue weighted by Gasteiger charge is -2.56. The summed E-state index contributed by atoms with van der Waals surface area (Å²) in [7, 11) is 0. The summed E-state index contributed by atoms with van der Waals surface area (Å²) in [6.07, 6.45) is 2.21. The quantitative estimate of drug-likeness (QED) is 0.315. The molecule has 180 valence electrons. The largest absolute Gasteiger partial charge is 0.324 e. The van der Waals surface area contributed by atoms with Crippen LogP contribution in [0.3, 0.4) is 0 Å². The lowest BCUT2D eigenvalue weighted by atomic mass is 9.63. The molecule has 2 fully saturated rings. The first-order valence-corrected chi connectivity index (χ1v) is 11.5. The number of urea groups is 1. The van der Waals surface area contributed by atoms with Gasteiger partial charge in [-0.3, -0.25) is 14.9 Å². The van der Waals surface area contributed by atoms with Gasteiger partial charge < -0.3 is 10.2 Å². The van der Waals surface area contributed by atoms with Crippen molar-refractivity contribution in [3.8, 4) is 0 Å². The summed E-state index contributed by atoms with van der Waals surface area (Å²) in [5.41, 5.74) is 0.356. The van der Waals surface area contributed by atoms with Gasteiger partial charge in [-0.1, -0.05) is 17.7 Å². The van der Waals surface area contributed by atoms with E-state index in [0.717, 1.165) is 22.9 Å². The standard InChI is InChI=1S/C25H21ClF2N4O3/c26-16-4-3-5-20(12-16)32-22(21-6-1-2-9-31(21)35)25(23(32)33)7-10-30(11-8-25)24(34)29-19-14-17(27)13-18(28)15-19/h1-6,9,12-15,22H,7-8,10-11H2,(H-,29,34,35)/p+1.